The van der Waals surface area contributed by atoms with E-state index in [1.54, 1.807) is 26.4 Å². The molecule has 1 fully saturated rings. The fraction of sp³-hybridized carbons (Fsp3) is 0.364. The average molecular weight is 467 g/mol. The van der Waals surface area contributed by atoms with Gasteiger partial charge in [-0.25, -0.2) is 4.98 Å². The van der Waals surface area contributed by atoms with E-state index in [0.29, 0.717) is 34.9 Å². The molecule has 1 saturated heterocycles. The number of nitrogens with zero attached hydrogens (tertiary/aromatic N) is 3. The second-order valence-electron chi connectivity index (χ2n) is 7.33. The third kappa shape index (κ3) is 5.17. The number of methoxy groups -OCH3 is 2. The fourth-order valence-corrected chi connectivity index (χ4v) is 3.81. The van der Waals surface area contributed by atoms with Crippen LogP contribution < -0.4 is 24.8 Å². The number of hydrogen-bond donors (Lipinski definition) is 1. The van der Waals surface area contributed by atoms with Gasteiger partial charge >= 0.3 is 0 Å². The van der Waals surface area contributed by atoms with Gasteiger partial charge in [0, 0.05) is 38.4 Å². The molecular formula is C22H28Cl2N4O3. The molecule has 1 aliphatic rings. The maximum atomic E-state index is 12.6. The molecule has 0 amide bonds. The number of anilines is 2. The predicted octanol–water partition coefficient (Wildman–Crippen LogP) is 4.02. The monoisotopic (exact) mass is 466 g/mol. The number of aromatic nitrogens is 2. The van der Waals surface area contributed by atoms with E-state index in [1.165, 1.54) is 24.1 Å². The third-order valence-corrected chi connectivity index (χ3v) is 5.36. The van der Waals surface area contributed by atoms with Crippen LogP contribution in [0.25, 0.3) is 10.9 Å². The highest BCUT2D eigenvalue weighted by Gasteiger charge is 2.15. The quantitative estimate of drug-likeness (QED) is 0.591. The summed E-state index contributed by atoms with van der Waals surface area (Å²) in [6.45, 7) is 2.87. The molecule has 1 N–H and O–H groups in total. The molecule has 1 aromatic heterocycles. The molecule has 2 aromatic carbocycles. The van der Waals surface area contributed by atoms with E-state index >= 15 is 0 Å². The topological polar surface area (TPSA) is 70.7 Å². The van der Waals surface area contributed by atoms with Crippen LogP contribution in [-0.2, 0) is 6.54 Å². The van der Waals surface area contributed by atoms with Crippen molar-refractivity contribution in [2.45, 2.75) is 19.4 Å². The Hall–Kier alpha value is -2.64. The van der Waals surface area contributed by atoms with E-state index in [0.717, 1.165) is 13.1 Å². The summed E-state index contributed by atoms with van der Waals surface area (Å²) in [5, 5.41) is 0.468. The lowest BCUT2D eigenvalue weighted by molar-refractivity contribution is 0.355. The van der Waals surface area contributed by atoms with Gasteiger partial charge in [0.05, 0.1) is 25.1 Å². The molecule has 0 bridgehead atoms. The minimum Gasteiger partial charge on any atom is -0.493 e. The molecule has 4 rings (SSSR count). The Morgan fingerprint density at radius 2 is 1.74 bits per heavy atom. The summed E-state index contributed by atoms with van der Waals surface area (Å²) in [4.78, 5) is 24.5. The van der Waals surface area contributed by atoms with Crippen LogP contribution in [-0.4, -0.2) is 44.3 Å². The van der Waals surface area contributed by atoms with Crippen LogP contribution in [0.3, 0.4) is 0 Å². The Labute approximate surface area is 194 Å². The molecule has 7 nitrogen and oxygen atoms in total. The van der Waals surface area contributed by atoms with Gasteiger partial charge in [-0.05, 0) is 36.6 Å². The van der Waals surface area contributed by atoms with Crippen molar-refractivity contribution in [3.8, 4) is 11.5 Å². The van der Waals surface area contributed by atoms with Gasteiger partial charge in [-0.3, -0.25) is 9.78 Å². The first-order chi connectivity index (χ1) is 14.1. The van der Waals surface area contributed by atoms with Crippen molar-refractivity contribution < 1.29 is 9.47 Å². The first-order valence-electron chi connectivity index (χ1n) is 9.80. The Kier molecular flexibility index (Phi) is 8.42. The number of benzene rings is 2. The highest BCUT2D eigenvalue weighted by molar-refractivity contribution is 5.85. The number of nitrogens with one attached hydrogen (secondary N) is 1. The highest BCUT2D eigenvalue weighted by atomic mass is 35.5. The highest BCUT2D eigenvalue weighted by Crippen LogP contribution is 2.30. The van der Waals surface area contributed by atoms with Crippen molar-refractivity contribution in [2.75, 3.05) is 44.2 Å². The average Bonchev–Trinajstić information content (AvgIpc) is 3.28. The van der Waals surface area contributed by atoms with E-state index < -0.39 is 0 Å². The minimum atomic E-state index is -0.205. The predicted molar refractivity (Wildman–Crippen MR) is 130 cm³/mol. The second kappa shape index (κ2) is 10.6. The van der Waals surface area contributed by atoms with Crippen LogP contribution in [0, 0.1) is 0 Å². The van der Waals surface area contributed by atoms with E-state index in [4.69, 9.17) is 9.47 Å². The van der Waals surface area contributed by atoms with Crippen LogP contribution in [0.1, 0.15) is 18.4 Å². The Morgan fingerprint density at radius 3 is 2.42 bits per heavy atom. The van der Waals surface area contributed by atoms with E-state index in [-0.39, 0.29) is 30.4 Å². The summed E-state index contributed by atoms with van der Waals surface area (Å²) in [5.41, 5.74) is 2.79. The molecule has 3 aromatic rings. The lowest BCUT2D eigenvalue weighted by Crippen LogP contribution is -2.23. The largest absolute Gasteiger partial charge is 0.493 e. The van der Waals surface area contributed by atoms with Crippen LogP contribution in [0.15, 0.2) is 41.2 Å². The number of H-pyrrole nitrogens is 1. The SMILES string of the molecule is COc1cc2nc(N(C)Cc3cccc(N4CCCC4)c3)[nH]c(=O)c2cc1OC.Cl.Cl. The smallest absolute Gasteiger partial charge is 0.260 e. The molecule has 2 heterocycles. The van der Waals surface area contributed by atoms with Crippen molar-refractivity contribution in [3.05, 3.63) is 52.3 Å². The van der Waals surface area contributed by atoms with Crippen molar-refractivity contribution in [2.24, 2.45) is 0 Å². The Bertz CT molecular complexity index is 1080. The summed E-state index contributed by atoms with van der Waals surface area (Å²) < 4.78 is 10.6. The van der Waals surface area contributed by atoms with Gasteiger partial charge in [0.2, 0.25) is 5.95 Å². The Balaban J connectivity index is 0.00000171. The molecule has 1 aliphatic heterocycles. The van der Waals surface area contributed by atoms with Crippen molar-refractivity contribution in [1.29, 1.82) is 0 Å². The maximum Gasteiger partial charge on any atom is 0.260 e. The first-order valence-corrected chi connectivity index (χ1v) is 9.80. The summed E-state index contributed by atoms with van der Waals surface area (Å²) in [7, 11) is 5.04. The zero-order valence-electron chi connectivity index (χ0n) is 17.9. The van der Waals surface area contributed by atoms with Gasteiger partial charge in [-0.1, -0.05) is 12.1 Å². The number of fused-ring (bicyclic) bond motifs is 1. The van der Waals surface area contributed by atoms with E-state index in [1.807, 2.05) is 11.9 Å². The lowest BCUT2D eigenvalue weighted by atomic mass is 10.2. The normalized spacial score (nSPS) is 12.8. The number of ether oxygens (including phenoxy) is 2. The number of rotatable bonds is 6. The maximum absolute atomic E-state index is 12.6. The number of aromatic amines is 1. The molecule has 31 heavy (non-hydrogen) atoms. The summed E-state index contributed by atoms with van der Waals surface area (Å²) in [5.74, 6) is 1.57. The third-order valence-electron chi connectivity index (χ3n) is 5.36. The summed E-state index contributed by atoms with van der Waals surface area (Å²) in [6, 6.07) is 11.9. The zero-order valence-corrected chi connectivity index (χ0v) is 19.5. The number of hydrogen-bond acceptors (Lipinski definition) is 6. The first kappa shape index (κ1) is 24.6. The lowest BCUT2D eigenvalue weighted by Gasteiger charge is -2.21. The molecular weight excluding hydrogens is 439 g/mol. The second-order valence-corrected chi connectivity index (χ2v) is 7.33. The van der Waals surface area contributed by atoms with Gasteiger partial charge in [-0.15, -0.1) is 24.8 Å². The van der Waals surface area contributed by atoms with Crippen LogP contribution in [0.5, 0.6) is 11.5 Å². The minimum absolute atomic E-state index is 0. The van der Waals surface area contributed by atoms with Gasteiger partial charge in [0.1, 0.15) is 0 Å². The van der Waals surface area contributed by atoms with Gasteiger partial charge in [0.15, 0.2) is 11.5 Å². The van der Waals surface area contributed by atoms with Gasteiger partial charge in [0.25, 0.3) is 5.56 Å². The van der Waals surface area contributed by atoms with Crippen molar-refractivity contribution in [3.63, 3.8) is 0 Å². The summed E-state index contributed by atoms with van der Waals surface area (Å²) >= 11 is 0. The standard InChI is InChI=1S/C22H26N4O3.2ClH/c1-25(14-15-7-6-8-16(11-15)26-9-4-5-10-26)22-23-18-13-20(29-3)19(28-2)12-17(18)21(27)24-22;;/h6-8,11-13H,4-5,9-10,14H2,1-3H3,(H,23,24,27);2*1H. The van der Waals surface area contributed by atoms with Crippen LogP contribution in [0.2, 0.25) is 0 Å². The fourth-order valence-electron chi connectivity index (χ4n) is 3.81. The molecule has 0 spiro atoms. The van der Waals surface area contributed by atoms with Gasteiger partial charge < -0.3 is 19.3 Å². The number of halogens is 2. The molecule has 0 saturated carbocycles. The molecule has 168 valence electrons. The van der Waals surface area contributed by atoms with Crippen LogP contribution in [0.4, 0.5) is 11.6 Å². The van der Waals surface area contributed by atoms with E-state index in [2.05, 4.69) is 39.1 Å². The van der Waals surface area contributed by atoms with E-state index in [9.17, 15) is 4.79 Å². The zero-order chi connectivity index (χ0) is 20.4. The molecule has 0 atom stereocenters. The molecule has 0 unspecified atom stereocenters. The molecule has 0 aliphatic carbocycles. The summed E-state index contributed by atoms with van der Waals surface area (Å²) in [6.07, 6.45) is 2.50. The molecule has 0 radical (unpaired) electrons. The Morgan fingerprint density at radius 1 is 1.06 bits per heavy atom. The van der Waals surface area contributed by atoms with Crippen LogP contribution >= 0.6 is 24.8 Å². The molecule has 9 heteroatoms. The van der Waals surface area contributed by atoms with Crippen molar-refractivity contribution in [1.82, 2.24) is 9.97 Å². The van der Waals surface area contributed by atoms with Crippen molar-refractivity contribution >= 4 is 47.4 Å². The van der Waals surface area contributed by atoms with Gasteiger partial charge in [-0.2, -0.15) is 0 Å².